The lowest BCUT2D eigenvalue weighted by molar-refractivity contribution is 0.0947. The Hall–Kier alpha value is -4.95. The van der Waals surface area contributed by atoms with E-state index in [0.717, 1.165) is 76.7 Å². The Morgan fingerprint density at radius 3 is 2.40 bits per heavy atom. The van der Waals surface area contributed by atoms with Crippen molar-refractivity contribution >= 4 is 28.3 Å². The van der Waals surface area contributed by atoms with Crippen molar-refractivity contribution in [2.75, 3.05) is 39.2 Å². The van der Waals surface area contributed by atoms with Crippen LogP contribution in [-0.4, -0.2) is 54.6 Å². The van der Waals surface area contributed by atoms with Crippen LogP contribution in [0.2, 0.25) is 0 Å². The molecule has 6 rings (SSSR count). The Balaban J connectivity index is 1.09. The molecule has 0 radical (unpaired) electrons. The summed E-state index contributed by atoms with van der Waals surface area (Å²) < 4.78 is 10.9. The average Bonchev–Trinajstić information content (AvgIpc) is 3.05. The first-order valence-electron chi connectivity index (χ1n) is 14.4. The van der Waals surface area contributed by atoms with Crippen LogP contribution >= 0.6 is 0 Å². The minimum atomic E-state index is -0.0769. The van der Waals surface area contributed by atoms with Gasteiger partial charge in [-0.2, -0.15) is 0 Å². The number of para-hydroxylation sites is 1. The van der Waals surface area contributed by atoms with E-state index in [4.69, 9.17) is 9.47 Å². The van der Waals surface area contributed by atoms with Crippen molar-refractivity contribution in [2.45, 2.75) is 19.9 Å². The molecule has 1 aromatic heterocycles. The number of carbonyl (C=O) groups excluding carboxylic acids is 1. The van der Waals surface area contributed by atoms with Gasteiger partial charge in [0.2, 0.25) is 0 Å². The fourth-order valence-electron chi connectivity index (χ4n) is 5.55. The van der Waals surface area contributed by atoms with Crippen molar-refractivity contribution in [3.63, 3.8) is 0 Å². The van der Waals surface area contributed by atoms with Gasteiger partial charge in [0.15, 0.2) is 11.5 Å². The van der Waals surface area contributed by atoms with Gasteiger partial charge in [0.1, 0.15) is 12.1 Å². The summed E-state index contributed by atoms with van der Waals surface area (Å²) in [6.45, 7) is 5.17. The molecule has 0 saturated heterocycles. The highest BCUT2D eigenvalue weighted by Gasteiger charge is 2.19. The second-order valence-corrected chi connectivity index (χ2v) is 10.7. The normalized spacial score (nSPS) is 12.9. The third-order valence-electron chi connectivity index (χ3n) is 8.02. The number of amides is 1. The first kappa shape index (κ1) is 28.2. The molecule has 1 amide bonds. The van der Waals surface area contributed by atoms with Gasteiger partial charge in [0.25, 0.3) is 5.91 Å². The summed E-state index contributed by atoms with van der Waals surface area (Å²) >= 11 is 0. The lowest BCUT2D eigenvalue weighted by Gasteiger charge is -2.29. The third kappa shape index (κ3) is 6.15. The number of hydrogen-bond donors (Lipinski definition) is 2. The van der Waals surface area contributed by atoms with Crippen LogP contribution in [0.5, 0.6) is 11.5 Å². The number of aryl methyl sites for hydroxylation is 1. The number of carbonyl (C=O) groups is 1. The van der Waals surface area contributed by atoms with Gasteiger partial charge in [-0.25, -0.2) is 9.97 Å². The van der Waals surface area contributed by atoms with Crippen LogP contribution < -0.4 is 20.1 Å². The van der Waals surface area contributed by atoms with Crippen LogP contribution in [-0.2, 0) is 13.0 Å². The smallest absolute Gasteiger partial charge is 0.251 e. The number of fused-ring (bicyclic) bond motifs is 2. The molecular formula is C35H35N5O3. The van der Waals surface area contributed by atoms with Crippen molar-refractivity contribution < 1.29 is 14.3 Å². The summed E-state index contributed by atoms with van der Waals surface area (Å²) in [6.07, 6.45) is 2.52. The van der Waals surface area contributed by atoms with Crippen molar-refractivity contribution in [3.05, 3.63) is 107 Å². The van der Waals surface area contributed by atoms with Crippen molar-refractivity contribution in [1.29, 1.82) is 0 Å². The maximum Gasteiger partial charge on any atom is 0.251 e. The van der Waals surface area contributed by atoms with Crippen molar-refractivity contribution in [3.8, 4) is 22.6 Å². The Morgan fingerprint density at radius 1 is 0.884 bits per heavy atom. The zero-order chi connectivity index (χ0) is 29.8. The minimum absolute atomic E-state index is 0.0769. The molecule has 0 fully saturated rings. The van der Waals surface area contributed by atoms with Crippen LogP contribution in [0.15, 0.2) is 85.2 Å². The summed E-state index contributed by atoms with van der Waals surface area (Å²) in [5, 5.41) is 7.47. The van der Waals surface area contributed by atoms with E-state index in [9.17, 15) is 4.79 Å². The van der Waals surface area contributed by atoms with Gasteiger partial charge in [-0.1, -0.05) is 36.4 Å². The van der Waals surface area contributed by atoms with Crippen molar-refractivity contribution in [1.82, 2.24) is 20.2 Å². The molecule has 218 valence electrons. The number of hydrogen-bond acceptors (Lipinski definition) is 7. The molecule has 1 aliphatic heterocycles. The molecule has 8 heteroatoms. The highest BCUT2D eigenvalue weighted by Crippen LogP contribution is 2.33. The van der Waals surface area contributed by atoms with Gasteiger partial charge >= 0.3 is 0 Å². The maximum atomic E-state index is 12.9. The van der Waals surface area contributed by atoms with Crippen LogP contribution in [0.3, 0.4) is 0 Å². The number of anilines is 2. The number of methoxy groups -OCH3 is 2. The molecule has 4 aromatic carbocycles. The largest absolute Gasteiger partial charge is 0.493 e. The predicted molar refractivity (Wildman–Crippen MR) is 170 cm³/mol. The molecule has 0 bridgehead atoms. The number of nitrogens with zero attached hydrogens (tertiary/aromatic N) is 3. The third-order valence-corrected chi connectivity index (χ3v) is 8.02. The first-order chi connectivity index (χ1) is 21.0. The fraction of sp³-hybridized carbons (Fsp3) is 0.229. The van der Waals surface area contributed by atoms with E-state index in [1.165, 1.54) is 11.1 Å². The summed E-state index contributed by atoms with van der Waals surface area (Å²) in [4.78, 5) is 24.2. The van der Waals surface area contributed by atoms with Crippen LogP contribution in [0.1, 0.15) is 27.0 Å². The van der Waals surface area contributed by atoms with E-state index < -0.39 is 0 Å². The molecule has 2 heterocycles. The lowest BCUT2D eigenvalue weighted by atomic mass is 9.99. The van der Waals surface area contributed by atoms with Gasteiger partial charge in [-0.15, -0.1) is 0 Å². The number of benzene rings is 4. The van der Waals surface area contributed by atoms with Gasteiger partial charge in [0.05, 0.1) is 19.7 Å². The molecule has 0 unspecified atom stereocenters. The Labute approximate surface area is 251 Å². The fourth-order valence-corrected chi connectivity index (χ4v) is 5.55. The molecule has 0 aliphatic carbocycles. The molecule has 0 spiro atoms. The standard InChI is InChI=1S/C35H35N5O3/c1-23-6-4-5-7-30(23)39-34-29-18-26(12-13-31(29)37-22-38-34)24-8-10-25(11-9-24)35(41)36-15-17-40-16-14-27-19-32(42-2)33(43-3)20-28(27)21-40/h4-13,18-20,22H,14-17,21H2,1-3H3,(H,36,41)(H,37,38,39). The first-order valence-corrected chi connectivity index (χ1v) is 14.4. The van der Waals surface area contributed by atoms with E-state index in [1.54, 1.807) is 20.5 Å². The zero-order valence-electron chi connectivity index (χ0n) is 24.7. The van der Waals surface area contributed by atoms with E-state index in [-0.39, 0.29) is 5.91 Å². The maximum absolute atomic E-state index is 12.9. The van der Waals surface area contributed by atoms with E-state index >= 15 is 0 Å². The molecular weight excluding hydrogens is 538 g/mol. The summed E-state index contributed by atoms with van der Waals surface area (Å²) in [7, 11) is 3.32. The summed E-state index contributed by atoms with van der Waals surface area (Å²) in [6, 6.07) is 26.1. The van der Waals surface area contributed by atoms with Crippen molar-refractivity contribution in [2.24, 2.45) is 0 Å². The Bertz CT molecular complexity index is 1770. The minimum Gasteiger partial charge on any atom is -0.493 e. The lowest BCUT2D eigenvalue weighted by Crippen LogP contribution is -2.37. The monoisotopic (exact) mass is 573 g/mol. The molecule has 5 aromatic rings. The zero-order valence-corrected chi connectivity index (χ0v) is 24.7. The van der Waals surface area contributed by atoms with Crippen LogP contribution in [0.25, 0.3) is 22.0 Å². The quantitative estimate of drug-likeness (QED) is 0.219. The molecule has 0 saturated carbocycles. The van der Waals surface area contributed by atoms with Crippen LogP contribution in [0, 0.1) is 6.92 Å². The molecule has 2 N–H and O–H groups in total. The molecule has 43 heavy (non-hydrogen) atoms. The second-order valence-electron chi connectivity index (χ2n) is 10.7. The van der Waals surface area contributed by atoms with Crippen LogP contribution in [0.4, 0.5) is 11.5 Å². The van der Waals surface area contributed by atoms with Gasteiger partial charge in [-0.3, -0.25) is 9.69 Å². The summed E-state index contributed by atoms with van der Waals surface area (Å²) in [5.74, 6) is 2.19. The number of rotatable bonds is 9. The SMILES string of the molecule is COc1cc2c(cc1OC)CN(CCNC(=O)c1ccc(-c3ccc4ncnc(Nc5ccccc5C)c4c3)cc1)CC2. The highest BCUT2D eigenvalue weighted by atomic mass is 16.5. The van der Waals surface area contributed by atoms with E-state index in [1.807, 2.05) is 54.6 Å². The number of aromatic nitrogens is 2. The Morgan fingerprint density at radius 2 is 1.63 bits per heavy atom. The van der Waals surface area contributed by atoms with E-state index in [2.05, 4.69) is 56.7 Å². The number of ether oxygens (including phenoxy) is 2. The molecule has 8 nitrogen and oxygen atoms in total. The average molecular weight is 574 g/mol. The topological polar surface area (TPSA) is 88.6 Å². The highest BCUT2D eigenvalue weighted by molar-refractivity contribution is 5.96. The predicted octanol–water partition coefficient (Wildman–Crippen LogP) is 6.15. The van der Waals surface area contributed by atoms with Gasteiger partial charge in [-0.05, 0) is 83.6 Å². The second kappa shape index (κ2) is 12.5. The molecule has 0 atom stereocenters. The summed E-state index contributed by atoms with van der Waals surface area (Å²) in [5.41, 5.74) is 8.22. The number of nitrogens with one attached hydrogen (secondary N) is 2. The van der Waals surface area contributed by atoms with Gasteiger partial charge < -0.3 is 20.1 Å². The Kier molecular flexibility index (Phi) is 8.20. The molecule has 1 aliphatic rings. The van der Waals surface area contributed by atoms with Gasteiger partial charge in [0, 0.05) is 42.8 Å². The van der Waals surface area contributed by atoms with E-state index in [0.29, 0.717) is 12.1 Å².